The van der Waals surface area contributed by atoms with Gasteiger partial charge < -0.3 is 15.1 Å². The average molecular weight is 601 g/mol. The highest BCUT2D eigenvalue weighted by Crippen LogP contribution is 2.36. The lowest BCUT2D eigenvalue weighted by Gasteiger charge is -2.40. The second-order valence-electron chi connectivity index (χ2n) is 10.7. The van der Waals surface area contributed by atoms with E-state index in [1.807, 2.05) is 38.7 Å². The molecule has 1 amide bonds. The predicted octanol–water partition coefficient (Wildman–Crippen LogP) is 5.92. The van der Waals surface area contributed by atoms with Gasteiger partial charge in [-0.15, -0.1) is 0 Å². The maximum absolute atomic E-state index is 14.3. The number of hydrogen-bond acceptors (Lipinski definition) is 7. The maximum atomic E-state index is 14.3. The Morgan fingerprint density at radius 1 is 1.26 bits per heavy atom. The molecule has 1 aliphatic rings. The highest BCUT2D eigenvalue weighted by molar-refractivity contribution is 6.30. The molecule has 1 atom stereocenters. The van der Waals surface area contributed by atoms with Crippen LogP contribution in [-0.4, -0.2) is 56.0 Å². The van der Waals surface area contributed by atoms with Crippen molar-refractivity contribution in [3.05, 3.63) is 93.2 Å². The number of carbonyl (C=O) groups excluding carboxylic acids is 1. The van der Waals surface area contributed by atoms with Gasteiger partial charge in [-0.1, -0.05) is 32.0 Å². The van der Waals surface area contributed by atoms with Crippen LogP contribution in [0.2, 0.25) is 5.02 Å². The first-order chi connectivity index (χ1) is 20.5. The molecule has 43 heavy (non-hydrogen) atoms. The lowest BCUT2D eigenvalue weighted by molar-refractivity contribution is -0.126. The molecule has 1 aliphatic heterocycles. The van der Waals surface area contributed by atoms with Crippen LogP contribution in [0.1, 0.15) is 37.9 Å². The molecule has 4 heterocycles. The SMILES string of the molecule is [C-]#[N+]c1cc2c(N3CCN(C(=O)C=C)C[C@@H]3C)nc(=O)n(-c3c(C)ccnc3C(C)C)c2nc1Nc1ccc(Cl)c(F)c1. The second-order valence-corrected chi connectivity index (χ2v) is 11.1. The number of nitrogens with zero attached hydrogens (tertiary/aromatic N) is 7. The summed E-state index contributed by atoms with van der Waals surface area (Å²) in [7, 11) is 0. The number of rotatable bonds is 6. The minimum atomic E-state index is -0.629. The third-order valence-electron chi connectivity index (χ3n) is 7.44. The van der Waals surface area contributed by atoms with Gasteiger partial charge in [-0.3, -0.25) is 9.78 Å². The zero-order chi connectivity index (χ0) is 31.0. The third-order valence-corrected chi connectivity index (χ3v) is 7.75. The number of aromatic nitrogens is 4. The Morgan fingerprint density at radius 3 is 2.67 bits per heavy atom. The summed E-state index contributed by atoms with van der Waals surface area (Å²) < 4.78 is 15.7. The normalized spacial score (nSPS) is 15.1. The number of anilines is 3. The van der Waals surface area contributed by atoms with Crippen LogP contribution < -0.4 is 15.9 Å². The standard InChI is InChI=1S/C31H30ClFN8O2/c1-7-25(42)39-12-13-40(19(5)16-39)29-21-15-24(34-6)28(36-20-8-9-22(32)23(33)14-20)37-30(21)41(31(43)38-29)27-18(4)10-11-35-26(27)17(2)3/h7-11,14-15,17,19H,1,12-13,16H2,2-5H3,(H,36,37)/t19-/m0/s1. The van der Waals surface area contributed by atoms with Crippen molar-refractivity contribution in [3.63, 3.8) is 0 Å². The highest BCUT2D eigenvalue weighted by Gasteiger charge is 2.30. The van der Waals surface area contributed by atoms with Crippen molar-refractivity contribution in [3.8, 4) is 5.69 Å². The number of benzene rings is 1. The number of hydrogen-bond donors (Lipinski definition) is 1. The van der Waals surface area contributed by atoms with Gasteiger partial charge in [0.1, 0.15) is 17.5 Å². The number of amides is 1. The molecule has 0 spiro atoms. The van der Waals surface area contributed by atoms with E-state index in [1.165, 1.54) is 22.8 Å². The molecular weight excluding hydrogens is 571 g/mol. The highest BCUT2D eigenvalue weighted by atomic mass is 35.5. The fraction of sp³-hybridized carbons (Fsp3) is 0.290. The molecule has 1 aromatic carbocycles. The first-order valence-corrected chi connectivity index (χ1v) is 14.1. The van der Waals surface area contributed by atoms with Gasteiger partial charge in [0.15, 0.2) is 5.65 Å². The van der Waals surface area contributed by atoms with Crippen molar-refractivity contribution in [2.24, 2.45) is 0 Å². The molecule has 1 N–H and O–H groups in total. The van der Waals surface area contributed by atoms with E-state index in [1.54, 1.807) is 23.2 Å². The van der Waals surface area contributed by atoms with Crippen molar-refractivity contribution in [1.82, 2.24) is 24.4 Å². The van der Waals surface area contributed by atoms with Crippen LogP contribution in [0.3, 0.4) is 0 Å². The van der Waals surface area contributed by atoms with Crippen LogP contribution in [-0.2, 0) is 4.79 Å². The Kier molecular flexibility index (Phi) is 8.15. The van der Waals surface area contributed by atoms with E-state index in [9.17, 15) is 14.0 Å². The fourth-order valence-corrected chi connectivity index (χ4v) is 5.43. The smallest absolute Gasteiger partial charge is 0.350 e. The van der Waals surface area contributed by atoms with Crippen molar-refractivity contribution in [1.29, 1.82) is 0 Å². The lowest BCUT2D eigenvalue weighted by atomic mass is 10.0. The molecule has 0 aliphatic carbocycles. The Morgan fingerprint density at radius 2 is 2.02 bits per heavy atom. The van der Waals surface area contributed by atoms with Gasteiger partial charge in [-0.25, -0.2) is 23.6 Å². The topological polar surface area (TPSA) is 101 Å². The molecule has 12 heteroatoms. The zero-order valence-electron chi connectivity index (χ0n) is 24.2. The number of halogens is 2. The number of carbonyl (C=O) groups is 1. The van der Waals surface area contributed by atoms with Gasteiger partial charge in [0, 0.05) is 37.6 Å². The minimum absolute atomic E-state index is 0.0239. The lowest BCUT2D eigenvalue weighted by Crippen LogP contribution is -2.54. The summed E-state index contributed by atoms with van der Waals surface area (Å²) in [5.74, 6) is -0.320. The Bertz CT molecular complexity index is 1870. The molecular formula is C31H30ClFN8O2. The first kappa shape index (κ1) is 29.7. The van der Waals surface area contributed by atoms with Crippen molar-refractivity contribution in [2.45, 2.75) is 39.7 Å². The van der Waals surface area contributed by atoms with E-state index in [4.69, 9.17) is 23.2 Å². The molecule has 10 nitrogen and oxygen atoms in total. The molecule has 4 aromatic rings. The molecule has 3 aromatic heterocycles. The van der Waals surface area contributed by atoms with E-state index >= 15 is 0 Å². The molecule has 0 bridgehead atoms. The molecule has 0 radical (unpaired) electrons. The van der Waals surface area contributed by atoms with Gasteiger partial charge in [-0.05, 0) is 61.7 Å². The number of fused-ring (bicyclic) bond motifs is 1. The predicted molar refractivity (Wildman–Crippen MR) is 166 cm³/mol. The van der Waals surface area contributed by atoms with Gasteiger partial charge in [0.2, 0.25) is 11.6 Å². The Labute approximate surface area is 253 Å². The number of aryl methyl sites for hydroxylation is 1. The first-order valence-electron chi connectivity index (χ1n) is 13.7. The summed E-state index contributed by atoms with van der Waals surface area (Å²) >= 11 is 5.87. The van der Waals surface area contributed by atoms with Gasteiger partial charge in [-0.2, -0.15) is 4.98 Å². The second kappa shape index (κ2) is 11.8. The molecule has 220 valence electrons. The van der Waals surface area contributed by atoms with Gasteiger partial charge >= 0.3 is 5.69 Å². The summed E-state index contributed by atoms with van der Waals surface area (Å²) in [6.45, 7) is 20.5. The number of piperazine rings is 1. The van der Waals surface area contributed by atoms with E-state index in [2.05, 4.69) is 26.7 Å². The van der Waals surface area contributed by atoms with Crippen LogP contribution in [0.15, 0.2) is 54.0 Å². The third kappa shape index (κ3) is 5.53. The van der Waals surface area contributed by atoms with E-state index in [0.29, 0.717) is 47.9 Å². The summed E-state index contributed by atoms with van der Waals surface area (Å²) in [4.78, 5) is 47.6. The molecule has 0 saturated carbocycles. The van der Waals surface area contributed by atoms with E-state index in [-0.39, 0.29) is 40.0 Å². The van der Waals surface area contributed by atoms with E-state index < -0.39 is 11.5 Å². The van der Waals surface area contributed by atoms with Crippen LogP contribution in [0, 0.1) is 19.3 Å². The van der Waals surface area contributed by atoms with Crippen LogP contribution in [0.25, 0.3) is 21.6 Å². The average Bonchev–Trinajstić information content (AvgIpc) is 2.98. The minimum Gasteiger partial charge on any atom is -0.350 e. The zero-order valence-corrected chi connectivity index (χ0v) is 25.0. The van der Waals surface area contributed by atoms with Crippen LogP contribution >= 0.6 is 11.6 Å². The van der Waals surface area contributed by atoms with E-state index in [0.717, 1.165) is 5.56 Å². The summed E-state index contributed by atoms with van der Waals surface area (Å²) in [6, 6.07) is 7.44. The largest absolute Gasteiger partial charge is 0.355 e. The monoisotopic (exact) mass is 600 g/mol. The molecule has 1 fully saturated rings. The fourth-order valence-electron chi connectivity index (χ4n) is 5.31. The quantitative estimate of drug-likeness (QED) is 0.217. The summed E-state index contributed by atoms with van der Waals surface area (Å²) in [5, 5.41) is 3.46. The van der Waals surface area contributed by atoms with Gasteiger partial charge in [0.05, 0.1) is 28.4 Å². The Balaban J connectivity index is 1.78. The number of nitrogens with one attached hydrogen (secondary N) is 1. The summed E-state index contributed by atoms with van der Waals surface area (Å²) in [6.07, 6.45) is 2.98. The molecule has 1 saturated heterocycles. The molecule has 0 unspecified atom stereocenters. The van der Waals surface area contributed by atoms with Crippen molar-refractivity contribution < 1.29 is 9.18 Å². The van der Waals surface area contributed by atoms with Crippen molar-refractivity contribution in [2.75, 3.05) is 29.9 Å². The molecule has 5 rings (SSSR count). The van der Waals surface area contributed by atoms with Crippen molar-refractivity contribution >= 4 is 51.6 Å². The van der Waals surface area contributed by atoms with Crippen LogP contribution in [0.4, 0.5) is 27.4 Å². The van der Waals surface area contributed by atoms with Gasteiger partial charge in [0.25, 0.3) is 0 Å². The van der Waals surface area contributed by atoms with Crippen LogP contribution in [0.5, 0.6) is 0 Å². The Hall–Kier alpha value is -4.82. The maximum Gasteiger partial charge on any atom is 0.355 e. The summed E-state index contributed by atoms with van der Waals surface area (Å²) in [5.41, 5.74) is 2.22. The number of pyridine rings is 2.